The van der Waals surface area contributed by atoms with Crippen molar-refractivity contribution >= 4 is 23.2 Å². The first-order valence-electron chi connectivity index (χ1n) is 10.7. The number of aromatic nitrogens is 5. The molecule has 0 radical (unpaired) electrons. The smallest absolute Gasteiger partial charge is 0.296 e. The van der Waals surface area contributed by atoms with E-state index in [0.717, 1.165) is 11.3 Å². The number of rotatable bonds is 6. The Labute approximate surface area is 205 Å². The van der Waals surface area contributed by atoms with Gasteiger partial charge in [0.05, 0.1) is 23.3 Å². The van der Waals surface area contributed by atoms with Crippen LogP contribution in [-0.4, -0.2) is 35.7 Å². The predicted molar refractivity (Wildman–Crippen MR) is 129 cm³/mol. The van der Waals surface area contributed by atoms with Crippen molar-refractivity contribution in [1.82, 2.24) is 24.7 Å². The lowest BCUT2D eigenvalue weighted by Gasteiger charge is -2.27. The summed E-state index contributed by atoms with van der Waals surface area (Å²) in [5, 5.41) is 17.0. The molecule has 0 bridgehead atoms. The van der Waals surface area contributed by atoms with Gasteiger partial charge in [-0.05, 0) is 25.5 Å². The number of nitrogens with one attached hydrogen (secondary N) is 1. The van der Waals surface area contributed by atoms with Crippen molar-refractivity contribution in [3.8, 4) is 5.75 Å². The second kappa shape index (κ2) is 9.67. The molecule has 11 heteroatoms. The molecule has 2 N–H and O–H groups in total. The summed E-state index contributed by atoms with van der Waals surface area (Å²) in [6, 6.07) is 7.34. The highest BCUT2D eigenvalue weighted by atomic mass is 35.5. The number of amides is 1. The quantitative estimate of drug-likeness (QED) is 0.414. The van der Waals surface area contributed by atoms with E-state index in [4.69, 9.17) is 21.1 Å². The summed E-state index contributed by atoms with van der Waals surface area (Å²) in [5.41, 5.74) is 1.93. The molecule has 2 atom stereocenters. The molecule has 180 valence electrons. The summed E-state index contributed by atoms with van der Waals surface area (Å²) in [6.07, 6.45) is 4.17. The van der Waals surface area contributed by atoms with Gasteiger partial charge in [0.25, 0.3) is 11.5 Å². The highest BCUT2D eigenvalue weighted by Gasteiger charge is 2.32. The van der Waals surface area contributed by atoms with Gasteiger partial charge in [0.2, 0.25) is 5.75 Å². The van der Waals surface area contributed by atoms with Crippen LogP contribution in [0.25, 0.3) is 0 Å². The van der Waals surface area contributed by atoms with E-state index in [1.54, 1.807) is 12.3 Å². The summed E-state index contributed by atoms with van der Waals surface area (Å²) >= 11 is 6.59. The van der Waals surface area contributed by atoms with Gasteiger partial charge in [0.15, 0.2) is 5.69 Å². The Balaban J connectivity index is 1.88. The maximum atomic E-state index is 12.9. The number of hydrogen-bond donors (Lipinski definition) is 2. The molecule has 35 heavy (non-hydrogen) atoms. The molecule has 0 spiro atoms. The molecular formula is C24H23ClN6O4. The fourth-order valence-corrected chi connectivity index (χ4v) is 4.26. The number of aryl methyl sites for hydroxylation is 2. The number of benzene rings is 1. The lowest BCUT2D eigenvalue weighted by atomic mass is 9.82. The van der Waals surface area contributed by atoms with Gasteiger partial charge >= 0.3 is 0 Å². The Morgan fingerprint density at radius 1 is 1.20 bits per heavy atom. The van der Waals surface area contributed by atoms with Gasteiger partial charge in [-0.15, -0.1) is 0 Å². The van der Waals surface area contributed by atoms with Crippen molar-refractivity contribution in [3.05, 3.63) is 92.5 Å². The van der Waals surface area contributed by atoms with Crippen molar-refractivity contribution in [3.63, 3.8) is 0 Å². The highest BCUT2D eigenvalue weighted by molar-refractivity contribution is 6.31. The molecule has 10 nitrogen and oxygen atoms in total. The van der Waals surface area contributed by atoms with E-state index < -0.39 is 34.7 Å². The van der Waals surface area contributed by atoms with Gasteiger partial charge < -0.3 is 14.9 Å². The summed E-state index contributed by atoms with van der Waals surface area (Å²) in [5.74, 6) is -2.23. The minimum atomic E-state index is -0.780. The van der Waals surface area contributed by atoms with Crippen molar-refractivity contribution in [1.29, 1.82) is 0 Å². The fraction of sp³-hybridized carbons (Fsp3) is 0.250. The number of halogens is 1. The lowest BCUT2D eigenvalue weighted by molar-refractivity contribution is 0.101. The molecule has 0 fully saturated rings. The largest absolute Gasteiger partial charge is 0.501 e. The van der Waals surface area contributed by atoms with Gasteiger partial charge in [0, 0.05) is 30.1 Å². The first-order valence-corrected chi connectivity index (χ1v) is 11.1. The Bertz CT molecular complexity index is 1450. The van der Waals surface area contributed by atoms with E-state index in [-0.39, 0.29) is 11.5 Å². The van der Waals surface area contributed by atoms with E-state index in [1.165, 1.54) is 24.1 Å². The number of hydrogen-bond acceptors (Lipinski definition) is 8. The molecule has 0 aliphatic heterocycles. The van der Waals surface area contributed by atoms with Gasteiger partial charge in [-0.3, -0.25) is 24.1 Å². The van der Waals surface area contributed by atoms with Crippen LogP contribution in [0.3, 0.4) is 0 Å². The number of aromatic hydroxyl groups is 1. The Kier molecular flexibility index (Phi) is 6.65. The number of carbonyl (C=O) groups excluding carboxylic acids is 1. The van der Waals surface area contributed by atoms with Gasteiger partial charge in [0.1, 0.15) is 17.8 Å². The zero-order valence-corrected chi connectivity index (χ0v) is 20.2. The molecule has 0 aliphatic rings. The predicted octanol–water partition coefficient (Wildman–Crippen LogP) is 3.72. The van der Waals surface area contributed by atoms with Crippen LogP contribution in [0.5, 0.6) is 5.75 Å². The molecule has 3 heterocycles. The topological polar surface area (TPSA) is 136 Å². The molecule has 1 aromatic carbocycles. The fourth-order valence-electron chi connectivity index (χ4n) is 4.01. The Hall–Kier alpha value is -4.05. The minimum absolute atomic E-state index is 0.256. The molecule has 0 saturated carbocycles. The van der Waals surface area contributed by atoms with Crippen LogP contribution >= 0.6 is 11.6 Å². The second-order valence-corrected chi connectivity index (χ2v) is 8.58. The van der Waals surface area contributed by atoms with Crippen molar-refractivity contribution in [2.24, 2.45) is 7.05 Å². The maximum Gasteiger partial charge on any atom is 0.296 e. The van der Waals surface area contributed by atoms with E-state index in [2.05, 4.69) is 20.4 Å². The zero-order valence-electron chi connectivity index (χ0n) is 19.5. The summed E-state index contributed by atoms with van der Waals surface area (Å²) in [4.78, 5) is 39.4. The number of nitrogens with zero attached hydrogens (tertiary/aromatic N) is 5. The van der Waals surface area contributed by atoms with Crippen LogP contribution in [0.15, 0.2) is 52.2 Å². The maximum absolute atomic E-state index is 12.9. The molecule has 0 unspecified atom stereocenters. The number of anilines is 1. The lowest BCUT2D eigenvalue weighted by Crippen LogP contribution is -2.30. The third kappa shape index (κ3) is 4.65. The van der Waals surface area contributed by atoms with Crippen molar-refractivity contribution in [2.45, 2.75) is 32.6 Å². The van der Waals surface area contributed by atoms with Crippen molar-refractivity contribution in [2.75, 3.05) is 5.32 Å². The third-order valence-corrected chi connectivity index (χ3v) is 6.11. The molecule has 0 saturated heterocycles. The van der Waals surface area contributed by atoms with Crippen LogP contribution in [0.1, 0.15) is 57.7 Å². The Morgan fingerprint density at radius 3 is 2.63 bits per heavy atom. The zero-order chi connectivity index (χ0) is 25.3. The summed E-state index contributed by atoms with van der Waals surface area (Å²) < 4.78 is 5.93. The normalized spacial score (nSPS) is 12.8. The van der Waals surface area contributed by atoms with E-state index in [1.807, 2.05) is 39.0 Å². The van der Waals surface area contributed by atoms with Crippen LogP contribution in [-0.2, 0) is 7.05 Å². The second-order valence-electron chi connectivity index (χ2n) is 8.17. The van der Waals surface area contributed by atoms with Gasteiger partial charge in [-0.25, -0.2) is 4.98 Å². The molecule has 1 amide bonds. The highest BCUT2D eigenvalue weighted by Crippen LogP contribution is 2.40. The average molecular weight is 495 g/mol. The molecule has 4 aromatic rings. The number of carbonyl (C=O) groups is 1. The van der Waals surface area contributed by atoms with E-state index in [9.17, 15) is 14.7 Å². The Morgan fingerprint density at radius 2 is 1.94 bits per heavy atom. The van der Waals surface area contributed by atoms with Gasteiger partial charge in [-0.1, -0.05) is 41.9 Å². The van der Waals surface area contributed by atoms with Crippen LogP contribution in [0.4, 0.5) is 5.69 Å². The van der Waals surface area contributed by atoms with Crippen molar-refractivity contribution < 1.29 is 14.4 Å². The molecule has 4 rings (SSSR count). The van der Waals surface area contributed by atoms with E-state index >= 15 is 0 Å². The van der Waals surface area contributed by atoms with Gasteiger partial charge in [-0.2, -0.15) is 0 Å². The minimum Gasteiger partial charge on any atom is -0.501 e. The molecule has 3 aromatic heterocycles. The summed E-state index contributed by atoms with van der Waals surface area (Å²) in [7, 11) is 1.49. The average Bonchev–Trinajstić information content (AvgIpc) is 3.34. The monoisotopic (exact) mass is 494 g/mol. The molecule has 0 aliphatic carbocycles. The SMILES string of the molecule is Cc1cnc(C)c([C@@H](c2ccccc2Cl)[C@H](C)c2nc(C(=O)Nc3cnoc3)c(O)c(=O)n2C)n1. The standard InChI is InChI=1S/C24H23ClN6O4/c1-12-9-26-14(3)19(28-12)18(16-7-5-6-8-17(16)25)13(2)22-30-20(21(32)24(34)31(22)4)23(33)29-15-10-27-35-11-15/h5-11,13,18,32H,1-4H3,(H,29,33)/t13-,18+/m0/s1. The van der Waals surface area contributed by atoms with Crippen LogP contribution < -0.4 is 10.9 Å². The first-order chi connectivity index (χ1) is 16.7. The van der Waals surface area contributed by atoms with Crippen LogP contribution in [0.2, 0.25) is 5.02 Å². The first kappa shape index (κ1) is 24.1. The molecular weight excluding hydrogens is 472 g/mol. The third-order valence-electron chi connectivity index (χ3n) is 5.76. The van der Waals surface area contributed by atoms with Crippen LogP contribution in [0, 0.1) is 13.8 Å². The van der Waals surface area contributed by atoms with E-state index in [0.29, 0.717) is 16.4 Å². The summed E-state index contributed by atoms with van der Waals surface area (Å²) in [6.45, 7) is 5.55.